The summed E-state index contributed by atoms with van der Waals surface area (Å²) in [5.74, 6) is 5.55. The van der Waals surface area contributed by atoms with Crippen molar-refractivity contribution >= 4 is 15.9 Å². The van der Waals surface area contributed by atoms with E-state index in [-0.39, 0.29) is 6.04 Å². The van der Waals surface area contributed by atoms with Crippen molar-refractivity contribution in [1.82, 2.24) is 5.43 Å². The van der Waals surface area contributed by atoms with Crippen molar-refractivity contribution < 1.29 is 0 Å². The van der Waals surface area contributed by atoms with E-state index in [2.05, 4.69) is 59.1 Å². The average molecular weight is 283 g/mol. The molecule has 2 nitrogen and oxygen atoms in total. The highest BCUT2D eigenvalue weighted by atomic mass is 79.9. The average Bonchev–Trinajstić information content (AvgIpc) is 2.30. The highest BCUT2D eigenvalue weighted by molar-refractivity contribution is 9.10. The molecule has 1 atom stereocenters. The van der Waals surface area contributed by atoms with Crippen LogP contribution in [-0.4, -0.2) is 6.04 Å². The summed E-state index contributed by atoms with van der Waals surface area (Å²) < 4.78 is 1.10. The summed E-state index contributed by atoms with van der Waals surface area (Å²) in [6.45, 7) is 6.13. The van der Waals surface area contributed by atoms with Crippen LogP contribution in [0.2, 0.25) is 0 Å². The van der Waals surface area contributed by atoms with Gasteiger partial charge in [-0.3, -0.25) is 11.3 Å². The van der Waals surface area contributed by atoms with E-state index in [9.17, 15) is 0 Å². The first-order chi connectivity index (χ1) is 7.65. The molecule has 1 aromatic carbocycles. The minimum atomic E-state index is 0.272. The lowest BCUT2D eigenvalue weighted by Crippen LogP contribution is -2.37. The van der Waals surface area contributed by atoms with E-state index in [1.54, 1.807) is 0 Å². The zero-order valence-corrected chi connectivity index (χ0v) is 11.3. The summed E-state index contributed by atoms with van der Waals surface area (Å²) in [6, 6.07) is 8.61. The first kappa shape index (κ1) is 13.4. The van der Waals surface area contributed by atoms with Crippen molar-refractivity contribution in [2.45, 2.75) is 32.2 Å². The van der Waals surface area contributed by atoms with Crippen LogP contribution in [0.3, 0.4) is 0 Å². The monoisotopic (exact) mass is 282 g/mol. The molecule has 0 aliphatic rings. The van der Waals surface area contributed by atoms with Gasteiger partial charge in [-0.1, -0.05) is 47.1 Å². The quantitative estimate of drug-likeness (QED) is 0.478. The Labute approximate surface area is 106 Å². The molecule has 0 amide bonds. The first-order valence-corrected chi connectivity index (χ1v) is 6.32. The second-order valence-corrected chi connectivity index (χ2v) is 4.92. The van der Waals surface area contributed by atoms with E-state index in [1.165, 1.54) is 11.1 Å². The van der Waals surface area contributed by atoms with Crippen molar-refractivity contribution in [3.8, 4) is 0 Å². The molecule has 0 saturated carbocycles. The fourth-order valence-electron chi connectivity index (χ4n) is 1.59. The molecule has 1 aromatic rings. The second kappa shape index (κ2) is 6.84. The lowest BCUT2D eigenvalue weighted by atomic mass is 9.99. The van der Waals surface area contributed by atoms with Crippen LogP contribution in [0.4, 0.5) is 0 Å². The van der Waals surface area contributed by atoms with Gasteiger partial charge >= 0.3 is 0 Å². The van der Waals surface area contributed by atoms with Gasteiger partial charge in [0.25, 0.3) is 0 Å². The molecule has 0 spiro atoms. The van der Waals surface area contributed by atoms with Gasteiger partial charge < -0.3 is 0 Å². The first-order valence-electron chi connectivity index (χ1n) is 5.53. The number of benzene rings is 1. The molecular weight excluding hydrogens is 264 g/mol. The van der Waals surface area contributed by atoms with Crippen LogP contribution >= 0.6 is 15.9 Å². The van der Waals surface area contributed by atoms with Gasteiger partial charge in [0.05, 0.1) is 0 Å². The molecule has 88 valence electrons. The number of nitrogens with two attached hydrogens (primary N) is 1. The molecule has 0 saturated heterocycles. The van der Waals surface area contributed by atoms with Crippen molar-refractivity contribution in [2.75, 3.05) is 0 Å². The third-order valence-corrected chi connectivity index (χ3v) is 3.19. The lowest BCUT2D eigenvalue weighted by molar-refractivity contribution is 0.516. The van der Waals surface area contributed by atoms with E-state index in [1.807, 2.05) is 0 Å². The molecule has 0 aliphatic carbocycles. The van der Waals surface area contributed by atoms with Gasteiger partial charge in [-0.25, -0.2) is 0 Å². The number of hydrogen-bond donors (Lipinski definition) is 2. The fourth-order valence-corrected chi connectivity index (χ4v) is 1.85. The summed E-state index contributed by atoms with van der Waals surface area (Å²) >= 11 is 3.43. The molecule has 16 heavy (non-hydrogen) atoms. The summed E-state index contributed by atoms with van der Waals surface area (Å²) in [5.41, 5.74) is 5.38. The number of nitrogens with one attached hydrogen (secondary N) is 1. The maximum absolute atomic E-state index is 5.55. The number of rotatable bonds is 6. The van der Waals surface area contributed by atoms with Crippen molar-refractivity contribution in [1.29, 1.82) is 0 Å². The maximum Gasteiger partial charge on any atom is 0.0287 e. The molecule has 0 bridgehead atoms. The number of hydrazine groups is 1. The predicted molar refractivity (Wildman–Crippen MR) is 73.0 cm³/mol. The summed E-state index contributed by atoms with van der Waals surface area (Å²) in [4.78, 5) is 0. The minimum Gasteiger partial charge on any atom is -0.271 e. The smallest absolute Gasteiger partial charge is 0.0287 e. The molecular formula is C13H19BrN2. The Morgan fingerprint density at radius 1 is 1.44 bits per heavy atom. The van der Waals surface area contributed by atoms with Crippen LogP contribution in [0.15, 0.2) is 40.9 Å². The molecule has 0 aliphatic heterocycles. The molecule has 0 heterocycles. The zero-order chi connectivity index (χ0) is 12.0. The van der Waals surface area contributed by atoms with Crippen molar-refractivity contribution in [2.24, 2.45) is 5.84 Å². The molecule has 1 unspecified atom stereocenters. The van der Waals surface area contributed by atoms with Gasteiger partial charge in [0.1, 0.15) is 0 Å². The van der Waals surface area contributed by atoms with Gasteiger partial charge in [0.15, 0.2) is 0 Å². The maximum atomic E-state index is 5.55. The standard InChI is InChI=1S/C13H19BrN2/c1-3-10(2)8-13(16-15)9-11-4-6-12(14)7-5-11/h4-7,13,16H,2-3,8-9,15H2,1H3. The van der Waals surface area contributed by atoms with Crippen molar-refractivity contribution in [3.05, 3.63) is 46.5 Å². The van der Waals surface area contributed by atoms with Crippen molar-refractivity contribution in [3.63, 3.8) is 0 Å². The Bertz CT molecular complexity index is 332. The van der Waals surface area contributed by atoms with Crippen LogP contribution in [-0.2, 0) is 6.42 Å². The Kier molecular flexibility index (Phi) is 5.74. The highest BCUT2D eigenvalue weighted by Gasteiger charge is 2.08. The highest BCUT2D eigenvalue weighted by Crippen LogP contribution is 2.14. The van der Waals surface area contributed by atoms with E-state index >= 15 is 0 Å². The fraction of sp³-hybridized carbons (Fsp3) is 0.385. The number of hydrogen-bond acceptors (Lipinski definition) is 2. The Morgan fingerprint density at radius 2 is 2.06 bits per heavy atom. The predicted octanol–water partition coefficient (Wildman–Crippen LogP) is 3.18. The van der Waals surface area contributed by atoms with E-state index < -0.39 is 0 Å². The van der Waals surface area contributed by atoms with E-state index in [0.29, 0.717) is 0 Å². The summed E-state index contributed by atoms with van der Waals surface area (Å²) in [7, 11) is 0. The van der Waals surface area contributed by atoms with E-state index in [4.69, 9.17) is 5.84 Å². The molecule has 1 rings (SSSR count). The van der Waals surface area contributed by atoms with Gasteiger partial charge in [-0.2, -0.15) is 0 Å². The van der Waals surface area contributed by atoms with Crippen LogP contribution in [0.5, 0.6) is 0 Å². The Balaban J connectivity index is 2.56. The molecule has 0 fully saturated rings. The number of halogens is 1. The SMILES string of the molecule is C=C(CC)CC(Cc1ccc(Br)cc1)NN. The molecule has 0 aromatic heterocycles. The van der Waals surface area contributed by atoms with Crippen LogP contribution < -0.4 is 11.3 Å². The third kappa shape index (κ3) is 4.47. The van der Waals surface area contributed by atoms with Gasteiger partial charge in [0.2, 0.25) is 0 Å². The van der Waals surface area contributed by atoms with Crippen LogP contribution in [0.1, 0.15) is 25.3 Å². The van der Waals surface area contributed by atoms with Gasteiger partial charge in [-0.05, 0) is 37.0 Å². The molecule has 0 radical (unpaired) electrons. The van der Waals surface area contributed by atoms with Crippen LogP contribution in [0.25, 0.3) is 0 Å². The molecule has 3 heteroatoms. The largest absolute Gasteiger partial charge is 0.271 e. The summed E-state index contributed by atoms with van der Waals surface area (Å²) in [5, 5.41) is 0. The minimum absolute atomic E-state index is 0.272. The Morgan fingerprint density at radius 3 is 2.56 bits per heavy atom. The summed E-state index contributed by atoms with van der Waals surface area (Å²) in [6.07, 6.45) is 2.88. The topological polar surface area (TPSA) is 38.0 Å². The lowest BCUT2D eigenvalue weighted by Gasteiger charge is -2.16. The van der Waals surface area contributed by atoms with E-state index in [0.717, 1.165) is 23.7 Å². The molecule has 3 N–H and O–H groups in total. The zero-order valence-electron chi connectivity index (χ0n) is 9.67. The Hall–Kier alpha value is -0.640. The van der Waals surface area contributed by atoms with Gasteiger partial charge in [-0.15, -0.1) is 0 Å². The third-order valence-electron chi connectivity index (χ3n) is 2.67. The van der Waals surface area contributed by atoms with Crippen LogP contribution in [0, 0.1) is 0 Å². The normalized spacial score (nSPS) is 12.4. The second-order valence-electron chi connectivity index (χ2n) is 4.00. The van der Waals surface area contributed by atoms with Gasteiger partial charge in [0, 0.05) is 10.5 Å².